The van der Waals surface area contributed by atoms with Crippen LogP contribution in [0.1, 0.15) is 5.76 Å². The molecule has 36 heavy (non-hydrogen) atoms. The highest BCUT2D eigenvalue weighted by atomic mass is 16.3. The van der Waals surface area contributed by atoms with Crippen LogP contribution in [-0.4, -0.2) is 11.7 Å². The van der Waals surface area contributed by atoms with Crippen molar-refractivity contribution in [2.45, 2.75) is 0 Å². The zero-order chi connectivity index (χ0) is 24.2. The van der Waals surface area contributed by atoms with Gasteiger partial charge < -0.3 is 8.83 Å². The van der Waals surface area contributed by atoms with E-state index in [0.29, 0.717) is 11.5 Å². The van der Waals surface area contributed by atoms with Gasteiger partial charge in [0.05, 0.1) is 0 Å². The Labute approximate surface area is 206 Å². The molecule has 0 unspecified atom stereocenters. The van der Waals surface area contributed by atoms with Gasteiger partial charge in [-0.05, 0) is 70.7 Å². The largest absolute Gasteiger partial charge is 0.454 e. The number of pyridine rings is 1. The Morgan fingerprint density at radius 3 is 1.97 bits per heavy atom. The second kappa shape index (κ2) is 7.79. The molecule has 0 aliphatic carbocycles. The van der Waals surface area contributed by atoms with Gasteiger partial charge in [0.2, 0.25) is 0 Å². The number of nitrogens with zero attached hydrogens (tertiary/aromatic N) is 2. The summed E-state index contributed by atoms with van der Waals surface area (Å²) in [5.41, 5.74) is 3.20. The number of aliphatic imine (C=N–C) groups is 1. The van der Waals surface area contributed by atoms with Gasteiger partial charge >= 0.3 is 0 Å². The van der Waals surface area contributed by atoms with Crippen LogP contribution in [0.5, 0.6) is 0 Å². The summed E-state index contributed by atoms with van der Waals surface area (Å²) in [6.45, 7) is 7.42. The highest BCUT2D eigenvalue weighted by Crippen LogP contribution is 2.39. The summed E-state index contributed by atoms with van der Waals surface area (Å²) in [4.78, 5) is 8.53. The van der Waals surface area contributed by atoms with E-state index in [1.165, 1.54) is 10.8 Å². The molecule has 4 heteroatoms. The zero-order valence-electron chi connectivity index (χ0n) is 19.4. The lowest BCUT2D eigenvalue weighted by Gasteiger charge is -2.08. The first-order valence-corrected chi connectivity index (χ1v) is 11.7. The maximum atomic E-state index is 6.31. The standard InChI is InChI=1S/C32H20N2O2/c1-3-6-27(33-2)29-17-19-8-10-23-21-13-15-26-24(22(21)12-14-25(23)31(19)35-29)11-9-20-18-30(36-32(20)26)28-7-4-5-16-34-28/h3-18H,1-2H2/b27-6-. The second-order valence-corrected chi connectivity index (χ2v) is 8.77. The van der Waals surface area contributed by atoms with Crippen molar-refractivity contribution in [1.29, 1.82) is 0 Å². The van der Waals surface area contributed by atoms with Crippen molar-refractivity contribution in [1.82, 2.24) is 4.98 Å². The Morgan fingerprint density at radius 2 is 1.33 bits per heavy atom. The first kappa shape index (κ1) is 20.4. The molecule has 170 valence electrons. The van der Waals surface area contributed by atoms with Gasteiger partial charge in [-0.15, -0.1) is 0 Å². The molecule has 3 aromatic heterocycles. The summed E-state index contributed by atoms with van der Waals surface area (Å²) in [7, 11) is 0. The van der Waals surface area contributed by atoms with Crippen molar-refractivity contribution < 1.29 is 8.83 Å². The zero-order valence-corrected chi connectivity index (χ0v) is 19.4. The summed E-state index contributed by atoms with van der Waals surface area (Å²) in [5, 5.41) is 8.85. The molecule has 3 heterocycles. The second-order valence-electron chi connectivity index (χ2n) is 8.77. The highest BCUT2D eigenvalue weighted by Gasteiger charge is 2.15. The summed E-state index contributed by atoms with van der Waals surface area (Å²) < 4.78 is 12.6. The number of fused-ring (bicyclic) bond motifs is 9. The fraction of sp³-hybridized carbons (Fsp3) is 0. The minimum atomic E-state index is 0.661. The number of hydrogen-bond acceptors (Lipinski definition) is 4. The Hall–Kier alpha value is -4.96. The molecule has 7 rings (SSSR count). The van der Waals surface area contributed by atoms with E-state index >= 15 is 0 Å². The van der Waals surface area contributed by atoms with E-state index < -0.39 is 0 Å². The van der Waals surface area contributed by atoms with E-state index in [9.17, 15) is 0 Å². The van der Waals surface area contributed by atoms with Crippen LogP contribution in [0.25, 0.3) is 71.4 Å². The van der Waals surface area contributed by atoms with Crippen LogP contribution < -0.4 is 0 Å². The van der Waals surface area contributed by atoms with Gasteiger partial charge in [0.25, 0.3) is 0 Å². The molecule has 4 aromatic carbocycles. The monoisotopic (exact) mass is 464 g/mol. The molecule has 0 spiro atoms. The van der Waals surface area contributed by atoms with Crippen LogP contribution in [0.2, 0.25) is 0 Å². The molecule has 0 bridgehead atoms. The topological polar surface area (TPSA) is 51.5 Å². The Morgan fingerprint density at radius 1 is 0.722 bits per heavy atom. The highest BCUT2D eigenvalue weighted by molar-refractivity contribution is 6.24. The Balaban J connectivity index is 1.46. The van der Waals surface area contributed by atoms with Crippen molar-refractivity contribution in [2.75, 3.05) is 0 Å². The molecule has 0 saturated carbocycles. The van der Waals surface area contributed by atoms with Gasteiger partial charge in [-0.2, -0.15) is 0 Å². The van der Waals surface area contributed by atoms with Crippen LogP contribution in [-0.2, 0) is 0 Å². The molecule has 0 atom stereocenters. The van der Waals surface area contributed by atoms with Crippen molar-refractivity contribution >= 4 is 66.7 Å². The van der Waals surface area contributed by atoms with Crippen LogP contribution in [0.3, 0.4) is 0 Å². The molecule has 0 aliphatic heterocycles. The van der Waals surface area contributed by atoms with Crippen LogP contribution >= 0.6 is 0 Å². The van der Waals surface area contributed by atoms with Crippen molar-refractivity contribution in [3.05, 3.63) is 110 Å². The van der Waals surface area contributed by atoms with Crippen molar-refractivity contribution in [3.8, 4) is 11.5 Å². The van der Waals surface area contributed by atoms with Crippen LogP contribution in [0.15, 0.2) is 118 Å². The first-order valence-electron chi connectivity index (χ1n) is 11.7. The minimum Gasteiger partial charge on any atom is -0.454 e. The number of hydrogen-bond donors (Lipinski definition) is 0. The normalized spacial score (nSPS) is 12.3. The predicted octanol–water partition coefficient (Wildman–Crippen LogP) is 8.93. The van der Waals surface area contributed by atoms with Crippen LogP contribution in [0.4, 0.5) is 0 Å². The summed E-state index contributed by atoms with van der Waals surface area (Å²) in [6, 6.07) is 27.1. The quantitative estimate of drug-likeness (QED) is 0.148. The third-order valence-corrected chi connectivity index (χ3v) is 6.77. The van der Waals surface area contributed by atoms with Crippen LogP contribution in [0, 0.1) is 0 Å². The first-order chi connectivity index (χ1) is 17.7. The average Bonchev–Trinajstić information content (AvgIpc) is 3.56. The lowest BCUT2D eigenvalue weighted by Crippen LogP contribution is -1.82. The number of rotatable bonds is 4. The van der Waals surface area contributed by atoms with E-state index in [-0.39, 0.29) is 0 Å². The molecule has 0 fully saturated rings. The molecular weight excluding hydrogens is 444 g/mol. The van der Waals surface area contributed by atoms with Gasteiger partial charge in [0.15, 0.2) is 11.5 Å². The van der Waals surface area contributed by atoms with Gasteiger partial charge in [-0.25, -0.2) is 0 Å². The minimum absolute atomic E-state index is 0.661. The maximum Gasteiger partial charge on any atom is 0.153 e. The molecule has 0 aliphatic rings. The third-order valence-electron chi connectivity index (χ3n) is 6.77. The number of furan rings is 2. The SMILES string of the molecule is C=C/C=C(\N=C)c1cc2ccc3c4ccc5c(ccc6cc(-c7ccccn7)oc65)c4ccc3c2o1. The van der Waals surface area contributed by atoms with Gasteiger partial charge in [-0.1, -0.05) is 55.1 Å². The fourth-order valence-corrected chi connectivity index (χ4v) is 5.12. The van der Waals surface area contributed by atoms with E-state index in [0.717, 1.165) is 54.9 Å². The summed E-state index contributed by atoms with van der Waals surface area (Å²) >= 11 is 0. The van der Waals surface area contributed by atoms with Crippen molar-refractivity contribution in [2.24, 2.45) is 4.99 Å². The number of aromatic nitrogens is 1. The number of benzene rings is 4. The maximum absolute atomic E-state index is 6.31. The van der Waals surface area contributed by atoms with Gasteiger partial charge in [-0.3, -0.25) is 9.98 Å². The molecule has 0 saturated heterocycles. The molecule has 7 aromatic rings. The van der Waals surface area contributed by atoms with Gasteiger partial charge in [0.1, 0.15) is 22.6 Å². The molecular formula is C32H20N2O2. The average molecular weight is 465 g/mol. The van der Waals surface area contributed by atoms with E-state index in [2.05, 4.69) is 77.9 Å². The van der Waals surface area contributed by atoms with E-state index in [1.807, 2.05) is 24.3 Å². The molecule has 0 radical (unpaired) electrons. The lowest BCUT2D eigenvalue weighted by molar-refractivity contribution is 0.602. The smallest absolute Gasteiger partial charge is 0.153 e. The molecule has 0 N–H and O–H groups in total. The predicted molar refractivity (Wildman–Crippen MR) is 149 cm³/mol. The molecule has 0 amide bonds. The van der Waals surface area contributed by atoms with E-state index in [1.54, 1.807) is 18.3 Å². The van der Waals surface area contributed by atoms with Gasteiger partial charge in [0, 0.05) is 27.7 Å². The Bertz CT molecular complexity index is 2020. The van der Waals surface area contributed by atoms with E-state index in [4.69, 9.17) is 8.83 Å². The lowest BCUT2D eigenvalue weighted by atomic mass is 9.95. The summed E-state index contributed by atoms with van der Waals surface area (Å²) in [6.07, 6.45) is 5.26. The third kappa shape index (κ3) is 2.95. The number of allylic oxidation sites excluding steroid dienone is 2. The molecule has 4 nitrogen and oxygen atoms in total. The summed E-state index contributed by atoms with van der Waals surface area (Å²) in [5.74, 6) is 1.45. The van der Waals surface area contributed by atoms with Crippen molar-refractivity contribution in [3.63, 3.8) is 0 Å². The Kier molecular flexibility index (Phi) is 4.42. The fourth-order valence-electron chi connectivity index (χ4n) is 5.12.